The van der Waals surface area contributed by atoms with E-state index >= 15 is 0 Å². The lowest BCUT2D eigenvalue weighted by atomic mass is 10.2. The summed E-state index contributed by atoms with van der Waals surface area (Å²) >= 11 is 3.06. The number of anilines is 1. The Kier molecular flexibility index (Phi) is 6.04. The van der Waals surface area contributed by atoms with Gasteiger partial charge >= 0.3 is 17.9 Å². The van der Waals surface area contributed by atoms with Crippen LogP contribution in [-0.4, -0.2) is 33.4 Å². The summed E-state index contributed by atoms with van der Waals surface area (Å²) < 4.78 is 54.1. The van der Waals surface area contributed by atoms with Crippen molar-refractivity contribution >= 4 is 27.6 Å². The van der Waals surface area contributed by atoms with Gasteiger partial charge in [0, 0.05) is 17.6 Å². The van der Waals surface area contributed by atoms with E-state index in [2.05, 4.69) is 21.2 Å². The van der Waals surface area contributed by atoms with Gasteiger partial charge in [0.15, 0.2) is 0 Å². The van der Waals surface area contributed by atoms with E-state index in [1.165, 1.54) is 0 Å². The molecule has 1 aromatic heterocycles. The number of alkyl halides is 3. The van der Waals surface area contributed by atoms with Crippen molar-refractivity contribution in [2.75, 3.05) is 18.5 Å². The Labute approximate surface area is 174 Å². The molecule has 0 unspecified atom stereocenters. The fourth-order valence-electron chi connectivity index (χ4n) is 2.86. The molecule has 2 amide bonds. The Bertz CT molecular complexity index is 1110. The number of aromatic nitrogens is 2. The molecule has 1 aromatic carbocycles. The summed E-state index contributed by atoms with van der Waals surface area (Å²) in [6, 6.07) is 1.38. The molecule has 162 valence electrons. The fraction of sp³-hybridized carbons (Fsp3) is 0.353. The number of hydroxylamine groups is 2. The van der Waals surface area contributed by atoms with Crippen LogP contribution in [0.3, 0.4) is 0 Å². The number of benzene rings is 1. The van der Waals surface area contributed by atoms with E-state index in [0.717, 1.165) is 37.1 Å². The Balaban J connectivity index is 2.06. The molecule has 0 aliphatic carbocycles. The molecule has 30 heavy (non-hydrogen) atoms. The first kappa shape index (κ1) is 22.0. The van der Waals surface area contributed by atoms with Gasteiger partial charge in [-0.3, -0.25) is 14.2 Å². The molecule has 1 saturated heterocycles. The second-order valence-electron chi connectivity index (χ2n) is 6.40. The van der Waals surface area contributed by atoms with Crippen LogP contribution in [-0.2, 0) is 18.1 Å². The van der Waals surface area contributed by atoms with Crippen molar-refractivity contribution in [1.82, 2.24) is 14.2 Å². The second kappa shape index (κ2) is 8.22. The lowest BCUT2D eigenvalue weighted by Crippen LogP contribution is -2.41. The van der Waals surface area contributed by atoms with Crippen LogP contribution >= 0.6 is 15.9 Å². The highest BCUT2D eigenvalue weighted by atomic mass is 79.9. The average Bonchev–Trinajstić information content (AvgIpc) is 2.67. The molecule has 1 aliphatic heterocycles. The van der Waals surface area contributed by atoms with E-state index < -0.39 is 40.7 Å². The molecule has 2 aromatic rings. The van der Waals surface area contributed by atoms with E-state index in [1.54, 1.807) is 0 Å². The molecule has 1 N–H and O–H groups in total. The molecule has 1 fully saturated rings. The maximum Gasteiger partial charge on any atom is 0.431 e. The molecule has 0 saturated carbocycles. The van der Waals surface area contributed by atoms with E-state index in [9.17, 15) is 31.9 Å². The summed E-state index contributed by atoms with van der Waals surface area (Å²) in [5.74, 6) is -1.06. The molecule has 2 heterocycles. The van der Waals surface area contributed by atoms with Crippen molar-refractivity contribution in [2.45, 2.75) is 19.0 Å². The number of hydrogen-bond acceptors (Lipinski definition) is 4. The van der Waals surface area contributed by atoms with Crippen LogP contribution < -0.4 is 16.6 Å². The van der Waals surface area contributed by atoms with E-state index in [0.29, 0.717) is 13.2 Å². The highest BCUT2D eigenvalue weighted by Gasteiger charge is 2.35. The molecule has 3 rings (SSSR count). The first-order valence-electron chi connectivity index (χ1n) is 8.62. The van der Waals surface area contributed by atoms with Crippen molar-refractivity contribution in [3.05, 3.63) is 55.0 Å². The number of amides is 2. The molecule has 8 nitrogen and oxygen atoms in total. The van der Waals surface area contributed by atoms with Gasteiger partial charge in [-0.1, -0.05) is 0 Å². The largest absolute Gasteiger partial charge is 0.431 e. The first-order chi connectivity index (χ1) is 14.0. The first-order valence-corrected chi connectivity index (χ1v) is 9.41. The SMILES string of the molecule is Cn1c(C(F)(F)F)cc(=O)n(-c2cc(NC(=O)N3CCCCO3)c(Br)cc2F)c1=O. The number of hydrogen-bond donors (Lipinski definition) is 1. The average molecular weight is 495 g/mol. The predicted molar refractivity (Wildman–Crippen MR) is 101 cm³/mol. The second-order valence-corrected chi connectivity index (χ2v) is 7.25. The van der Waals surface area contributed by atoms with Crippen molar-refractivity contribution in [3.8, 4) is 5.69 Å². The predicted octanol–water partition coefficient (Wildman–Crippen LogP) is 3.02. The standard InChI is InChI=1S/C17H15BrF4N4O4/c1-24-13(17(20,21)22)8-14(27)26(16(24)29)12-7-11(9(18)6-10(12)19)23-15(28)25-4-2-3-5-30-25/h6-8H,2-5H2,1H3,(H,23,28). The highest BCUT2D eigenvalue weighted by Crippen LogP contribution is 2.29. The molecule has 0 bridgehead atoms. The van der Waals surface area contributed by atoms with Gasteiger partial charge in [-0.15, -0.1) is 0 Å². The molecular formula is C17H15BrF4N4O4. The van der Waals surface area contributed by atoms with Crippen LogP contribution in [0.25, 0.3) is 5.69 Å². The lowest BCUT2D eigenvalue weighted by molar-refractivity contribution is -0.144. The third-order valence-corrected chi connectivity index (χ3v) is 5.01. The number of nitrogens with zero attached hydrogens (tertiary/aromatic N) is 3. The normalized spacial score (nSPS) is 14.7. The van der Waals surface area contributed by atoms with Crippen LogP contribution in [0.5, 0.6) is 0 Å². The number of carbonyl (C=O) groups excluding carboxylic acids is 1. The van der Waals surface area contributed by atoms with Crippen molar-refractivity contribution in [1.29, 1.82) is 0 Å². The Morgan fingerprint density at radius 2 is 1.90 bits per heavy atom. The van der Waals surface area contributed by atoms with Crippen LogP contribution in [0.2, 0.25) is 0 Å². The van der Waals surface area contributed by atoms with Crippen LogP contribution in [0, 0.1) is 5.82 Å². The zero-order chi connectivity index (χ0) is 22.2. The van der Waals surface area contributed by atoms with Gasteiger partial charge in [0.05, 0.1) is 24.5 Å². The number of carbonyl (C=O) groups is 1. The summed E-state index contributed by atoms with van der Waals surface area (Å²) in [7, 11) is 0.814. The third-order valence-electron chi connectivity index (χ3n) is 4.36. The van der Waals surface area contributed by atoms with Gasteiger partial charge < -0.3 is 5.32 Å². The summed E-state index contributed by atoms with van der Waals surface area (Å²) in [6.07, 6.45) is -3.44. The maximum absolute atomic E-state index is 14.5. The molecule has 0 spiro atoms. The van der Waals surface area contributed by atoms with Crippen molar-refractivity contribution in [3.63, 3.8) is 0 Å². The summed E-state index contributed by atoms with van der Waals surface area (Å²) in [5, 5.41) is 3.52. The Morgan fingerprint density at radius 1 is 1.20 bits per heavy atom. The number of urea groups is 1. The zero-order valence-electron chi connectivity index (χ0n) is 15.4. The third kappa shape index (κ3) is 4.26. The topological polar surface area (TPSA) is 85.6 Å². The minimum Gasteiger partial charge on any atom is -0.305 e. The van der Waals surface area contributed by atoms with Crippen LogP contribution in [0.15, 0.2) is 32.3 Å². The molecule has 0 atom stereocenters. The fourth-order valence-corrected chi connectivity index (χ4v) is 3.27. The monoisotopic (exact) mass is 494 g/mol. The summed E-state index contributed by atoms with van der Waals surface area (Å²) in [5.41, 5.74) is -4.87. The molecular weight excluding hydrogens is 480 g/mol. The van der Waals surface area contributed by atoms with Gasteiger partial charge in [-0.25, -0.2) is 23.6 Å². The number of nitrogens with one attached hydrogen (secondary N) is 1. The minimum absolute atomic E-state index is 0.0144. The van der Waals surface area contributed by atoms with Gasteiger partial charge in [-0.2, -0.15) is 13.2 Å². The maximum atomic E-state index is 14.5. The lowest BCUT2D eigenvalue weighted by Gasteiger charge is -2.26. The van der Waals surface area contributed by atoms with E-state index in [1.807, 2.05) is 0 Å². The van der Waals surface area contributed by atoms with Gasteiger partial charge in [-0.05, 0) is 40.9 Å². The molecule has 1 aliphatic rings. The van der Waals surface area contributed by atoms with Crippen LogP contribution in [0.1, 0.15) is 18.5 Å². The molecule has 13 heteroatoms. The zero-order valence-corrected chi connectivity index (χ0v) is 17.0. The Morgan fingerprint density at radius 3 is 2.50 bits per heavy atom. The summed E-state index contributed by atoms with van der Waals surface area (Å²) in [4.78, 5) is 42.2. The van der Waals surface area contributed by atoms with Gasteiger partial charge in [0.25, 0.3) is 5.56 Å². The smallest absolute Gasteiger partial charge is 0.305 e. The van der Waals surface area contributed by atoms with Crippen LogP contribution in [0.4, 0.5) is 28.0 Å². The Hall–Kier alpha value is -2.67. The van der Waals surface area contributed by atoms with Gasteiger partial charge in [0.1, 0.15) is 11.5 Å². The summed E-state index contributed by atoms with van der Waals surface area (Å²) in [6.45, 7) is 0.677. The van der Waals surface area contributed by atoms with Crippen molar-refractivity contribution in [2.24, 2.45) is 7.05 Å². The van der Waals surface area contributed by atoms with Gasteiger partial charge in [0.2, 0.25) is 0 Å². The quantitative estimate of drug-likeness (QED) is 0.650. The van der Waals surface area contributed by atoms with E-state index in [4.69, 9.17) is 4.84 Å². The molecule has 0 radical (unpaired) electrons. The minimum atomic E-state index is -4.95. The van der Waals surface area contributed by atoms with E-state index in [-0.39, 0.29) is 25.4 Å². The number of halogens is 5. The van der Waals surface area contributed by atoms with Crippen molar-refractivity contribution < 1.29 is 27.2 Å². The number of rotatable bonds is 2. The highest BCUT2D eigenvalue weighted by molar-refractivity contribution is 9.10.